The number of carbonyl (C=O) groups excluding carboxylic acids is 1. The molecule has 1 unspecified atom stereocenters. The van der Waals surface area contributed by atoms with Gasteiger partial charge in [0.2, 0.25) is 10.0 Å². The lowest BCUT2D eigenvalue weighted by molar-refractivity contribution is 0.0621. The number of sulfonamides is 1. The topological polar surface area (TPSA) is 75.7 Å². The first kappa shape index (κ1) is 15.3. The Balaban J connectivity index is 1.59. The molecule has 1 amide bonds. The summed E-state index contributed by atoms with van der Waals surface area (Å²) in [6, 6.07) is 9.51. The molecule has 0 saturated carbocycles. The van der Waals surface area contributed by atoms with Gasteiger partial charge in [0.15, 0.2) is 0 Å². The summed E-state index contributed by atoms with van der Waals surface area (Å²) in [7, 11) is -3.19. The van der Waals surface area contributed by atoms with E-state index in [-0.39, 0.29) is 23.9 Å². The van der Waals surface area contributed by atoms with Crippen LogP contribution < -0.4 is 4.72 Å². The Labute approximate surface area is 130 Å². The maximum absolute atomic E-state index is 12.2. The van der Waals surface area contributed by atoms with Crippen LogP contribution in [-0.4, -0.2) is 44.8 Å². The van der Waals surface area contributed by atoms with E-state index in [0.29, 0.717) is 19.6 Å². The third-order valence-corrected chi connectivity index (χ3v) is 5.86. The molecule has 1 aromatic carbocycles. The average Bonchev–Trinajstić information content (AvgIpc) is 2.80. The standard InChI is InChI=1S/C15H20N2O4S/c18-14(21-9-13-5-2-1-3-6-13)17-8-4-7-15(11-17)10-16-22(19,20)12-15/h1-3,5-6,16H,4,7-12H2. The summed E-state index contributed by atoms with van der Waals surface area (Å²) in [5.74, 6) is 0.0997. The number of benzene rings is 1. The fourth-order valence-electron chi connectivity index (χ4n) is 3.20. The molecule has 2 saturated heterocycles. The Morgan fingerprint density at radius 3 is 2.77 bits per heavy atom. The van der Waals surface area contributed by atoms with Gasteiger partial charge in [-0.3, -0.25) is 0 Å². The van der Waals surface area contributed by atoms with Crippen LogP contribution in [0.3, 0.4) is 0 Å². The molecular weight excluding hydrogens is 304 g/mol. The third-order valence-electron chi connectivity index (χ3n) is 4.29. The Hall–Kier alpha value is -1.60. The molecule has 3 rings (SSSR count). The van der Waals surface area contributed by atoms with Crippen molar-refractivity contribution in [1.82, 2.24) is 9.62 Å². The maximum Gasteiger partial charge on any atom is 0.410 e. The first-order valence-electron chi connectivity index (χ1n) is 7.41. The van der Waals surface area contributed by atoms with Gasteiger partial charge < -0.3 is 9.64 Å². The molecule has 2 aliphatic rings. The fourth-order valence-corrected chi connectivity index (χ4v) is 4.98. The number of nitrogens with zero attached hydrogens (tertiary/aromatic N) is 1. The van der Waals surface area contributed by atoms with Crippen LogP contribution in [0.25, 0.3) is 0 Å². The number of amides is 1. The SMILES string of the molecule is O=C(OCc1ccccc1)N1CCCC2(CNS(=O)(=O)C2)C1. The van der Waals surface area contributed by atoms with Gasteiger partial charge in [-0.15, -0.1) is 0 Å². The van der Waals surface area contributed by atoms with E-state index in [1.807, 2.05) is 30.3 Å². The third kappa shape index (κ3) is 3.41. The molecule has 0 aliphatic carbocycles. The van der Waals surface area contributed by atoms with Gasteiger partial charge in [0, 0.05) is 25.0 Å². The molecule has 1 aromatic rings. The minimum atomic E-state index is -3.19. The highest BCUT2D eigenvalue weighted by atomic mass is 32.2. The van der Waals surface area contributed by atoms with E-state index in [0.717, 1.165) is 18.4 Å². The second kappa shape index (κ2) is 5.89. The minimum Gasteiger partial charge on any atom is -0.445 e. The van der Waals surface area contributed by atoms with Gasteiger partial charge in [0.1, 0.15) is 6.61 Å². The van der Waals surface area contributed by atoms with Crippen molar-refractivity contribution in [3.05, 3.63) is 35.9 Å². The minimum absolute atomic E-state index is 0.0997. The molecular formula is C15H20N2O4S. The van der Waals surface area contributed by atoms with Crippen LogP contribution in [0.4, 0.5) is 4.79 Å². The largest absolute Gasteiger partial charge is 0.445 e. The van der Waals surface area contributed by atoms with Crippen LogP contribution in [0.2, 0.25) is 0 Å². The van der Waals surface area contributed by atoms with Crippen molar-refractivity contribution in [2.75, 3.05) is 25.4 Å². The van der Waals surface area contributed by atoms with Crippen LogP contribution in [0, 0.1) is 5.41 Å². The van der Waals surface area contributed by atoms with Crippen molar-refractivity contribution in [3.63, 3.8) is 0 Å². The number of nitrogens with one attached hydrogen (secondary N) is 1. The van der Waals surface area contributed by atoms with E-state index in [9.17, 15) is 13.2 Å². The zero-order valence-electron chi connectivity index (χ0n) is 12.3. The van der Waals surface area contributed by atoms with E-state index in [1.165, 1.54) is 0 Å². The summed E-state index contributed by atoms with van der Waals surface area (Å²) in [4.78, 5) is 13.8. The number of hydrogen-bond donors (Lipinski definition) is 1. The first-order chi connectivity index (χ1) is 10.5. The molecule has 120 valence electrons. The number of piperidine rings is 1. The summed E-state index contributed by atoms with van der Waals surface area (Å²) < 4.78 is 31.2. The zero-order valence-corrected chi connectivity index (χ0v) is 13.1. The smallest absolute Gasteiger partial charge is 0.410 e. The van der Waals surface area contributed by atoms with Crippen molar-refractivity contribution >= 4 is 16.1 Å². The quantitative estimate of drug-likeness (QED) is 0.891. The summed E-state index contributed by atoms with van der Waals surface area (Å²) in [6.45, 7) is 1.71. The maximum atomic E-state index is 12.2. The highest BCUT2D eigenvalue weighted by Crippen LogP contribution is 2.34. The van der Waals surface area contributed by atoms with Crippen LogP contribution in [0.15, 0.2) is 30.3 Å². The van der Waals surface area contributed by atoms with Crippen LogP contribution in [0.5, 0.6) is 0 Å². The molecule has 7 heteroatoms. The second-order valence-corrected chi connectivity index (χ2v) is 7.95. The molecule has 2 fully saturated rings. The van der Waals surface area contributed by atoms with E-state index < -0.39 is 10.0 Å². The number of carbonyl (C=O) groups is 1. The summed E-state index contributed by atoms with van der Waals surface area (Å²) in [5.41, 5.74) is 0.579. The lowest BCUT2D eigenvalue weighted by Crippen LogP contribution is -2.48. The van der Waals surface area contributed by atoms with Crippen molar-refractivity contribution in [3.8, 4) is 0 Å². The van der Waals surface area contributed by atoms with Gasteiger partial charge in [0.25, 0.3) is 0 Å². The summed E-state index contributed by atoms with van der Waals surface area (Å²) in [6.07, 6.45) is 1.26. The number of ether oxygens (including phenoxy) is 1. The Kier molecular flexibility index (Phi) is 4.10. The molecule has 2 heterocycles. The zero-order chi connectivity index (χ0) is 15.6. The lowest BCUT2D eigenvalue weighted by atomic mass is 9.82. The van der Waals surface area contributed by atoms with E-state index >= 15 is 0 Å². The summed E-state index contributed by atoms with van der Waals surface area (Å²) in [5, 5.41) is 0. The molecule has 1 atom stereocenters. The van der Waals surface area contributed by atoms with Crippen LogP contribution in [-0.2, 0) is 21.4 Å². The van der Waals surface area contributed by atoms with Crippen molar-refractivity contribution in [2.45, 2.75) is 19.4 Å². The molecule has 2 aliphatic heterocycles. The first-order valence-corrected chi connectivity index (χ1v) is 9.06. The van der Waals surface area contributed by atoms with Gasteiger partial charge in [-0.05, 0) is 18.4 Å². The molecule has 0 bridgehead atoms. The Bertz CT molecular complexity index is 647. The van der Waals surface area contributed by atoms with E-state index in [4.69, 9.17) is 4.74 Å². The highest BCUT2D eigenvalue weighted by molar-refractivity contribution is 7.89. The predicted octanol–water partition coefficient (Wildman–Crippen LogP) is 1.34. The molecule has 1 spiro atoms. The molecule has 6 nitrogen and oxygen atoms in total. The van der Waals surface area contributed by atoms with Crippen LogP contribution >= 0.6 is 0 Å². The van der Waals surface area contributed by atoms with Gasteiger partial charge in [0.05, 0.1) is 5.75 Å². The van der Waals surface area contributed by atoms with Gasteiger partial charge in [-0.1, -0.05) is 30.3 Å². The monoisotopic (exact) mass is 324 g/mol. The Morgan fingerprint density at radius 2 is 2.09 bits per heavy atom. The highest BCUT2D eigenvalue weighted by Gasteiger charge is 2.45. The number of rotatable bonds is 2. The van der Waals surface area contributed by atoms with Gasteiger partial charge in [-0.25, -0.2) is 17.9 Å². The second-order valence-electron chi connectivity index (χ2n) is 6.15. The van der Waals surface area contributed by atoms with Crippen molar-refractivity contribution in [1.29, 1.82) is 0 Å². The van der Waals surface area contributed by atoms with Crippen molar-refractivity contribution < 1.29 is 17.9 Å². The predicted molar refractivity (Wildman–Crippen MR) is 81.7 cm³/mol. The molecule has 0 aromatic heterocycles. The summed E-state index contributed by atoms with van der Waals surface area (Å²) >= 11 is 0. The number of hydrogen-bond acceptors (Lipinski definition) is 4. The lowest BCUT2D eigenvalue weighted by Gasteiger charge is -2.38. The normalized spacial score (nSPS) is 27.0. The van der Waals surface area contributed by atoms with Crippen LogP contribution in [0.1, 0.15) is 18.4 Å². The Morgan fingerprint density at radius 1 is 1.32 bits per heavy atom. The van der Waals surface area contributed by atoms with Crippen molar-refractivity contribution in [2.24, 2.45) is 5.41 Å². The molecule has 0 radical (unpaired) electrons. The molecule has 1 N–H and O–H groups in total. The fraction of sp³-hybridized carbons (Fsp3) is 0.533. The molecule has 22 heavy (non-hydrogen) atoms. The average molecular weight is 324 g/mol. The van der Waals surface area contributed by atoms with E-state index in [1.54, 1.807) is 4.90 Å². The number of likely N-dealkylation sites (tertiary alicyclic amines) is 1. The van der Waals surface area contributed by atoms with E-state index in [2.05, 4.69) is 4.72 Å². The van der Waals surface area contributed by atoms with Gasteiger partial charge in [-0.2, -0.15) is 0 Å². The van der Waals surface area contributed by atoms with Gasteiger partial charge >= 0.3 is 6.09 Å².